The number of rotatable bonds is 2. The highest BCUT2D eigenvalue weighted by atomic mass is 19.1. The number of carbonyl (C=O) groups is 1. The van der Waals surface area contributed by atoms with Crippen molar-refractivity contribution in [3.63, 3.8) is 0 Å². The molecule has 1 aliphatic heterocycles. The zero-order valence-corrected chi connectivity index (χ0v) is 10.9. The van der Waals surface area contributed by atoms with Gasteiger partial charge in [-0.1, -0.05) is 6.92 Å². The van der Waals surface area contributed by atoms with Gasteiger partial charge in [-0.3, -0.25) is 14.9 Å². The molecular weight excluding hydrogens is 270 g/mol. The highest BCUT2D eigenvalue weighted by Gasteiger charge is 2.27. The van der Waals surface area contributed by atoms with Crippen molar-refractivity contribution in [3.05, 3.63) is 39.4 Å². The molecule has 1 amide bonds. The molecule has 1 fully saturated rings. The average molecular weight is 284 g/mol. The molecule has 0 aliphatic carbocycles. The van der Waals surface area contributed by atoms with Crippen LogP contribution in [-0.4, -0.2) is 28.8 Å². The lowest BCUT2D eigenvalue weighted by Crippen LogP contribution is -2.38. The Morgan fingerprint density at radius 2 is 1.90 bits per heavy atom. The summed E-state index contributed by atoms with van der Waals surface area (Å²) in [5.74, 6) is -2.40. The Balaban J connectivity index is 2.26. The van der Waals surface area contributed by atoms with Crippen molar-refractivity contribution >= 4 is 11.6 Å². The first-order chi connectivity index (χ1) is 9.40. The summed E-state index contributed by atoms with van der Waals surface area (Å²) < 4.78 is 27.2. The highest BCUT2D eigenvalue weighted by Crippen LogP contribution is 2.24. The van der Waals surface area contributed by atoms with Crippen LogP contribution in [0.1, 0.15) is 30.1 Å². The van der Waals surface area contributed by atoms with Gasteiger partial charge in [-0.2, -0.15) is 4.39 Å². The Kier molecular flexibility index (Phi) is 3.96. The largest absolute Gasteiger partial charge is 0.339 e. The summed E-state index contributed by atoms with van der Waals surface area (Å²) in [6.07, 6.45) is 1.62. The van der Waals surface area contributed by atoms with Gasteiger partial charge in [0, 0.05) is 13.1 Å². The second-order valence-electron chi connectivity index (χ2n) is 5.02. The zero-order valence-electron chi connectivity index (χ0n) is 10.9. The summed E-state index contributed by atoms with van der Waals surface area (Å²) in [5, 5.41) is 10.5. The predicted molar refractivity (Wildman–Crippen MR) is 67.3 cm³/mol. The van der Waals surface area contributed by atoms with E-state index in [-0.39, 0.29) is 0 Å². The minimum Gasteiger partial charge on any atom is -0.339 e. The van der Waals surface area contributed by atoms with Crippen molar-refractivity contribution in [2.24, 2.45) is 5.92 Å². The van der Waals surface area contributed by atoms with E-state index in [1.165, 1.54) is 4.90 Å². The van der Waals surface area contributed by atoms with Gasteiger partial charge in [0.2, 0.25) is 5.82 Å². The molecule has 0 aromatic heterocycles. The van der Waals surface area contributed by atoms with Gasteiger partial charge < -0.3 is 4.90 Å². The van der Waals surface area contributed by atoms with E-state index in [1.54, 1.807) is 0 Å². The highest BCUT2D eigenvalue weighted by molar-refractivity contribution is 5.94. The summed E-state index contributed by atoms with van der Waals surface area (Å²) >= 11 is 0. The third kappa shape index (κ3) is 2.76. The van der Waals surface area contributed by atoms with E-state index in [0.29, 0.717) is 31.1 Å². The van der Waals surface area contributed by atoms with Gasteiger partial charge >= 0.3 is 5.69 Å². The van der Waals surface area contributed by atoms with Crippen LogP contribution in [0.15, 0.2) is 12.1 Å². The number of piperidine rings is 1. The van der Waals surface area contributed by atoms with Crippen molar-refractivity contribution < 1.29 is 18.5 Å². The molecule has 0 spiro atoms. The van der Waals surface area contributed by atoms with E-state index in [2.05, 4.69) is 6.92 Å². The molecule has 0 bridgehead atoms. The van der Waals surface area contributed by atoms with Crippen molar-refractivity contribution in [2.45, 2.75) is 19.8 Å². The molecule has 0 saturated carbocycles. The molecule has 0 unspecified atom stereocenters. The van der Waals surface area contributed by atoms with Crippen molar-refractivity contribution in [2.75, 3.05) is 13.1 Å². The fraction of sp³-hybridized carbons (Fsp3) is 0.462. The van der Waals surface area contributed by atoms with Gasteiger partial charge in [0.05, 0.1) is 16.6 Å². The lowest BCUT2D eigenvalue weighted by atomic mass is 9.98. The molecule has 0 N–H and O–H groups in total. The Morgan fingerprint density at radius 1 is 1.30 bits per heavy atom. The fourth-order valence-corrected chi connectivity index (χ4v) is 2.22. The van der Waals surface area contributed by atoms with Gasteiger partial charge in [0.1, 0.15) is 5.82 Å². The van der Waals surface area contributed by atoms with Crippen LogP contribution in [0, 0.1) is 27.7 Å². The molecule has 108 valence electrons. The van der Waals surface area contributed by atoms with Crippen LogP contribution >= 0.6 is 0 Å². The standard InChI is InChI=1S/C13H14F2N2O3/c1-8-2-4-16(5-3-8)13(18)9-6-11(15)12(17(19)20)7-10(9)14/h6-8H,2-5H2,1H3. The number of hydrogen-bond acceptors (Lipinski definition) is 3. The maximum absolute atomic E-state index is 13.8. The number of nitro benzene ring substituents is 1. The molecule has 0 radical (unpaired) electrons. The van der Waals surface area contributed by atoms with Gasteiger partial charge in [0.15, 0.2) is 0 Å². The summed E-state index contributed by atoms with van der Waals surface area (Å²) in [6.45, 7) is 3.03. The smallest absolute Gasteiger partial charge is 0.307 e. The summed E-state index contributed by atoms with van der Waals surface area (Å²) in [7, 11) is 0. The SMILES string of the molecule is CC1CCN(C(=O)c2cc(F)c([N+](=O)[O-])cc2F)CC1. The van der Waals surface area contributed by atoms with E-state index in [4.69, 9.17) is 0 Å². The second kappa shape index (κ2) is 5.52. The van der Waals surface area contributed by atoms with Gasteiger partial charge in [-0.05, 0) is 24.8 Å². The molecule has 1 saturated heterocycles. The van der Waals surface area contributed by atoms with E-state index < -0.39 is 33.7 Å². The van der Waals surface area contributed by atoms with Crippen LogP contribution in [0.5, 0.6) is 0 Å². The molecule has 5 nitrogen and oxygen atoms in total. The van der Waals surface area contributed by atoms with E-state index in [1.807, 2.05) is 0 Å². The fourth-order valence-electron chi connectivity index (χ4n) is 2.22. The molecule has 20 heavy (non-hydrogen) atoms. The first-order valence-corrected chi connectivity index (χ1v) is 6.33. The Hall–Kier alpha value is -2.05. The summed E-state index contributed by atoms with van der Waals surface area (Å²) in [6, 6.07) is 1.06. The van der Waals surface area contributed by atoms with Crippen molar-refractivity contribution in [3.8, 4) is 0 Å². The number of likely N-dealkylation sites (tertiary alicyclic amines) is 1. The number of nitrogens with zero attached hydrogens (tertiary/aromatic N) is 2. The number of carbonyl (C=O) groups excluding carboxylic acids is 1. The van der Waals surface area contributed by atoms with Crippen molar-refractivity contribution in [1.82, 2.24) is 4.90 Å². The lowest BCUT2D eigenvalue weighted by molar-refractivity contribution is -0.387. The van der Waals surface area contributed by atoms with Crippen LogP contribution < -0.4 is 0 Å². The topological polar surface area (TPSA) is 63.5 Å². The zero-order chi connectivity index (χ0) is 14.9. The minimum absolute atomic E-state index is 0.454. The van der Waals surface area contributed by atoms with Crippen LogP contribution in [0.4, 0.5) is 14.5 Å². The molecule has 7 heteroatoms. The van der Waals surface area contributed by atoms with E-state index in [9.17, 15) is 23.7 Å². The van der Waals surface area contributed by atoms with Crippen LogP contribution in [0.25, 0.3) is 0 Å². The number of nitro groups is 1. The Morgan fingerprint density at radius 3 is 2.45 bits per heavy atom. The van der Waals surface area contributed by atoms with E-state index in [0.717, 1.165) is 12.8 Å². The molecule has 0 atom stereocenters. The molecule has 2 rings (SSSR count). The number of amides is 1. The summed E-state index contributed by atoms with van der Waals surface area (Å²) in [5.41, 5.74) is -1.42. The Labute approximate surface area is 114 Å². The lowest BCUT2D eigenvalue weighted by Gasteiger charge is -2.30. The van der Waals surface area contributed by atoms with Crippen molar-refractivity contribution in [1.29, 1.82) is 0 Å². The van der Waals surface area contributed by atoms with E-state index >= 15 is 0 Å². The van der Waals surface area contributed by atoms with Crippen LogP contribution in [0.3, 0.4) is 0 Å². The van der Waals surface area contributed by atoms with Crippen LogP contribution in [0.2, 0.25) is 0 Å². The maximum atomic E-state index is 13.8. The quantitative estimate of drug-likeness (QED) is 0.619. The average Bonchev–Trinajstić information content (AvgIpc) is 2.40. The normalized spacial score (nSPS) is 16.2. The van der Waals surface area contributed by atoms with Gasteiger partial charge in [-0.15, -0.1) is 0 Å². The monoisotopic (exact) mass is 284 g/mol. The minimum atomic E-state index is -1.20. The molecule has 1 aromatic rings. The second-order valence-corrected chi connectivity index (χ2v) is 5.02. The molecular formula is C13H14F2N2O3. The molecule has 1 heterocycles. The van der Waals surface area contributed by atoms with Crippen LogP contribution in [-0.2, 0) is 0 Å². The number of hydrogen-bond donors (Lipinski definition) is 0. The third-order valence-electron chi connectivity index (χ3n) is 3.53. The number of halogens is 2. The third-order valence-corrected chi connectivity index (χ3v) is 3.53. The molecule has 1 aliphatic rings. The van der Waals surface area contributed by atoms with Gasteiger partial charge in [-0.25, -0.2) is 4.39 Å². The Bertz CT molecular complexity index is 555. The first-order valence-electron chi connectivity index (χ1n) is 6.33. The number of benzene rings is 1. The summed E-state index contributed by atoms with van der Waals surface area (Å²) in [4.78, 5) is 23.0. The maximum Gasteiger partial charge on any atom is 0.307 e. The first kappa shape index (κ1) is 14.4. The predicted octanol–water partition coefficient (Wildman–Crippen LogP) is 2.75. The molecule has 1 aromatic carbocycles. The van der Waals surface area contributed by atoms with Gasteiger partial charge in [0.25, 0.3) is 5.91 Å².